The van der Waals surface area contributed by atoms with E-state index < -0.39 is 0 Å². The molecule has 0 spiro atoms. The molecule has 2 heterocycles. The fourth-order valence-electron chi connectivity index (χ4n) is 2.89. The first kappa shape index (κ1) is 20.5. The van der Waals surface area contributed by atoms with E-state index >= 15 is 0 Å². The Morgan fingerprint density at radius 1 is 1.11 bits per heavy atom. The van der Waals surface area contributed by atoms with E-state index in [1.807, 2.05) is 19.1 Å². The molecule has 3 aromatic rings. The molecule has 148 valence electrons. The monoisotopic (exact) mass is 419 g/mol. The Hall–Kier alpha value is -2.24. The van der Waals surface area contributed by atoms with Gasteiger partial charge in [0.15, 0.2) is 5.76 Å². The minimum absolute atomic E-state index is 0.190. The molecule has 0 saturated heterocycles. The van der Waals surface area contributed by atoms with Crippen LogP contribution in [0.1, 0.15) is 48.9 Å². The predicted molar refractivity (Wildman–Crippen MR) is 112 cm³/mol. The van der Waals surface area contributed by atoms with Gasteiger partial charge in [-0.1, -0.05) is 49.4 Å². The first-order valence-corrected chi connectivity index (χ1v) is 10.2. The summed E-state index contributed by atoms with van der Waals surface area (Å²) >= 11 is 12.2. The molecule has 0 aliphatic rings. The molecule has 1 N–H and O–H groups in total. The molecule has 0 radical (unpaired) electrons. The summed E-state index contributed by atoms with van der Waals surface area (Å²) in [6.07, 6.45) is 4.37. The zero-order chi connectivity index (χ0) is 20.1. The van der Waals surface area contributed by atoms with Crippen LogP contribution in [0.2, 0.25) is 10.0 Å². The minimum Gasteiger partial charge on any atom is -0.460 e. The molecule has 0 unspecified atom stereocenters. The number of carbonyl (C=O) groups excluding carboxylic acids is 1. The minimum atomic E-state index is -0.190. The molecule has 3 rings (SSSR count). The highest BCUT2D eigenvalue weighted by Gasteiger charge is 2.19. The molecular formula is C21H23Cl2N3O2. The third-order valence-corrected chi connectivity index (χ3v) is 5.14. The van der Waals surface area contributed by atoms with Crippen molar-refractivity contribution >= 4 is 29.1 Å². The van der Waals surface area contributed by atoms with Crippen molar-refractivity contribution < 1.29 is 9.21 Å². The van der Waals surface area contributed by atoms with E-state index in [4.69, 9.17) is 27.6 Å². The predicted octanol–water partition coefficient (Wildman–Crippen LogP) is 6.06. The summed E-state index contributed by atoms with van der Waals surface area (Å²) in [6, 6.07) is 10.6. The van der Waals surface area contributed by atoms with E-state index in [2.05, 4.69) is 17.3 Å². The highest BCUT2D eigenvalue weighted by Crippen LogP contribution is 2.27. The molecule has 2 aromatic heterocycles. The quantitative estimate of drug-likeness (QED) is 0.451. The second-order valence-corrected chi connectivity index (χ2v) is 7.47. The smallest absolute Gasteiger partial charge is 0.270 e. The van der Waals surface area contributed by atoms with Crippen LogP contribution in [0, 0.1) is 6.92 Å². The Kier molecular flexibility index (Phi) is 6.81. The van der Waals surface area contributed by atoms with E-state index in [9.17, 15) is 4.79 Å². The fourth-order valence-corrected chi connectivity index (χ4v) is 3.19. The van der Waals surface area contributed by atoms with Crippen LogP contribution in [0.25, 0.3) is 17.1 Å². The van der Waals surface area contributed by atoms with Gasteiger partial charge in [-0.2, -0.15) is 5.10 Å². The van der Waals surface area contributed by atoms with E-state index in [1.54, 1.807) is 28.9 Å². The molecule has 0 bridgehead atoms. The van der Waals surface area contributed by atoms with E-state index in [0.29, 0.717) is 39.4 Å². The summed E-state index contributed by atoms with van der Waals surface area (Å²) < 4.78 is 7.23. The number of benzene rings is 1. The number of aromatic nitrogens is 2. The molecule has 5 nitrogen and oxygen atoms in total. The topological polar surface area (TPSA) is 60.1 Å². The number of hydrogen-bond donors (Lipinski definition) is 1. The number of aryl methyl sites for hydroxylation is 1. The van der Waals surface area contributed by atoms with Crippen LogP contribution in [0.3, 0.4) is 0 Å². The lowest BCUT2D eigenvalue weighted by Gasteiger charge is -2.09. The first-order chi connectivity index (χ1) is 13.5. The number of hydrogen-bond acceptors (Lipinski definition) is 3. The molecule has 28 heavy (non-hydrogen) atoms. The van der Waals surface area contributed by atoms with Gasteiger partial charge < -0.3 is 9.73 Å². The molecule has 0 atom stereocenters. The van der Waals surface area contributed by atoms with Crippen molar-refractivity contribution in [3.63, 3.8) is 0 Å². The van der Waals surface area contributed by atoms with Crippen LogP contribution < -0.4 is 5.32 Å². The molecule has 0 aliphatic carbocycles. The summed E-state index contributed by atoms with van der Waals surface area (Å²) in [5.41, 5.74) is 1.65. The lowest BCUT2D eigenvalue weighted by atomic mass is 10.2. The lowest BCUT2D eigenvalue weighted by Crippen LogP contribution is -2.26. The average Bonchev–Trinajstić information content (AvgIpc) is 3.30. The summed E-state index contributed by atoms with van der Waals surface area (Å²) in [5.74, 6) is 1.19. The number of carbonyl (C=O) groups is 1. The lowest BCUT2D eigenvalue weighted by molar-refractivity contribution is 0.0945. The summed E-state index contributed by atoms with van der Waals surface area (Å²) in [5, 5.41) is 8.39. The van der Waals surface area contributed by atoms with Gasteiger partial charge in [0.25, 0.3) is 5.91 Å². The van der Waals surface area contributed by atoms with Crippen molar-refractivity contribution in [2.24, 2.45) is 0 Å². The van der Waals surface area contributed by atoms with Crippen LogP contribution in [-0.4, -0.2) is 22.2 Å². The standard InChI is InChI=1S/C21H23Cl2N3O2/c1-3-4-5-6-11-24-21(27)19-13-18(20-10-7-14(2)28-20)25-26(19)15-8-9-16(22)17(23)12-15/h7-10,12-13H,3-6,11H2,1-2H3,(H,24,27). The third kappa shape index (κ3) is 4.78. The number of halogens is 2. The van der Waals surface area contributed by atoms with Crippen molar-refractivity contribution in [1.82, 2.24) is 15.1 Å². The molecule has 7 heteroatoms. The van der Waals surface area contributed by atoms with Crippen LogP contribution in [0.4, 0.5) is 0 Å². The van der Waals surface area contributed by atoms with Crippen molar-refractivity contribution in [2.75, 3.05) is 6.54 Å². The molecular weight excluding hydrogens is 397 g/mol. The van der Waals surface area contributed by atoms with Gasteiger partial charge >= 0.3 is 0 Å². The Balaban J connectivity index is 1.91. The number of nitrogens with zero attached hydrogens (tertiary/aromatic N) is 2. The van der Waals surface area contributed by atoms with Crippen molar-refractivity contribution in [3.8, 4) is 17.1 Å². The van der Waals surface area contributed by atoms with Crippen molar-refractivity contribution in [3.05, 3.63) is 57.9 Å². The number of rotatable bonds is 8. The highest BCUT2D eigenvalue weighted by atomic mass is 35.5. The maximum absolute atomic E-state index is 12.8. The zero-order valence-corrected chi connectivity index (χ0v) is 17.5. The summed E-state index contributed by atoms with van der Waals surface area (Å²) in [6.45, 7) is 4.65. The van der Waals surface area contributed by atoms with Gasteiger partial charge in [0.1, 0.15) is 17.1 Å². The molecule has 1 amide bonds. The van der Waals surface area contributed by atoms with Crippen molar-refractivity contribution in [1.29, 1.82) is 0 Å². The Morgan fingerprint density at radius 2 is 1.93 bits per heavy atom. The number of nitrogens with one attached hydrogen (secondary N) is 1. The van der Waals surface area contributed by atoms with Gasteiger partial charge in [0, 0.05) is 12.6 Å². The second kappa shape index (κ2) is 9.30. The highest BCUT2D eigenvalue weighted by molar-refractivity contribution is 6.42. The van der Waals surface area contributed by atoms with E-state index in [0.717, 1.165) is 25.0 Å². The third-order valence-electron chi connectivity index (χ3n) is 4.40. The maximum atomic E-state index is 12.8. The largest absolute Gasteiger partial charge is 0.460 e. The Labute approximate surface area is 174 Å². The van der Waals surface area contributed by atoms with Gasteiger partial charge in [0.2, 0.25) is 0 Å². The SMILES string of the molecule is CCCCCCNC(=O)c1cc(-c2ccc(C)o2)nn1-c1ccc(Cl)c(Cl)c1. The molecule has 0 aliphatic heterocycles. The van der Waals surface area contributed by atoms with Gasteiger partial charge in [-0.05, 0) is 43.7 Å². The molecule has 1 aromatic carbocycles. The second-order valence-electron chi connectivity index (χ2n) is 6.65. The maximum Gasteiger partial charge on any atom is 0.270 e. The zero-order valence-electron chi connectivity index (χ0n) is 16.0. The number of furan rings is 1. The van der Waals surface area contributed by atoms with Gasteiger partial charge in [0.05, 0.1) is 15.7 Å². The number of unbranched alkanes of at least 4 members (excludes halogenated alkanes) is 3. The molecule has 0 saturated carbocycles. The van der Waals surface area contributed by atoms with E-state index in [-0.39, 0.29) is 5.91 Å². The van der Waals surface area contributed by atoms with Gasteiger partial charge in [-0.15, -0.1) is 0 Å². The van der Waals surface area contributed by atoms with Crippen LogP contribution >= 0.6 is 23.2 Å². The van der Waals surface area contributed by atoms with Crippen molar-refractivity contribution in [2.45, 2.75) is 39.5 Å². The van der Waals surface area contributed by atoms with Gasteiger partial charge in [-0.25, -0.2) is 4.68 Å². The Morgan fingerprint density at radius 3 is 2.61 bits per heavy atom. The summed E-state index contributed by atoms with van der Waals surface area (Å²) in [7, 11) is 0. The van der Waals surface area contributed by atoms with Crippen LogP contribution in [-0.2, 0) is 0 Å². The van der Waals surface area contributed by atoms with Crippen LogP contribution in [0.5, 0.6) is 0 Å². The Bertz CT molecular complexity index is 962. The van der Waals surface area contributed by atoms with Gasteiger partial charge in [-0.3, -0.25) is 4.79 Å². The summed E-state index contributed by atoms with van der Waals surface area (Å²) in [4.78, 5) is 12.8. The first-order valence-electron chi connectivity index (χ1n) is 9.40. The number of amides is 1. The molecule has 0 fully saturated rings. The van der Waals surface area contributed by atoms with E-state index in [1.165, 1.54) is 6.42 Å². The normalized spacial score (nSPS) is 11.0. The fraction of sp³-hybridized carbons (Fsp3) is 0.333. The van der Waals surface area contributed by atoms with Crippen LogP contribution in [0.15, 0.2) is 40.8 Å². The average molecular weight is 420 g/mol.